The van der Waals surface area contributed by atoms with Crippen molar-refractivity contribution in [2.75, 3.05) is 12.4 Å². The smallest absolute Gasteiger partial charge is 0.147 e. The average molecular weight is 801 g/mol. The quantitative estimate of drug-likeness (QED) is 0.101. The zero-order valence-electron chi connectivity index (χ0n) is 33.6. The van der Waals surface area contributed by atoms with Gasteiger partial charge in [0.05, 0.1) is 40.0 Å². The Morgan fingerprint density at radius 2 is 0.867 bits per heavy atom. The monoisotopic (exact) mass is 800 g/mol. The number of aryl methyl sites for hydroxylation is 2. The summed E-state index contributed by atoms with van der Waals surface area (Å²) in [7, 11) is 0. The number of para-hydroxylation sites is 5. The fourth-order valence-electron chi connectivity index (χ4n) is 8.83. The highest BCUT2D eigenvalue weighted by atomic mass is 32.2. The summed E-state index contributed by atoms with van der Waals surface area (Å²) in [6.45, 7) is 4.72. The van der Waals surface area contributed by atoms with Crippen LogP contribution in [-0.4, -0.2) is 31.7 Å². The van der Waals surface area contributed by atoms with Crippen LogP contribution in [0.1, 0.15) is 24.0 Å². The van der Waals surface area contributed by atoms with Gasteiger partial charge in [0.1, 0.15) is 17.2 Å². The Morgan fingerprint density at radius 3 is 1.38 bits per heavy atom. The first-order chi connectivity index (χ1) is 29.5. The number of phenolic OH excluding ortho intramolecular Hbond substituents is 2. The number of thioether (sulfide) groups is 1. The Labute approximate surface area is 353 Å². The van der Waals surface area contributed by atoms with Crippen molar-refractivity contribution in [2.45, 2.75) is 31.6 Å². The van der Waals surface area contributed by atoms with Crippen LogP contribution in [0.15, 0.2) is 175 Å². The molecule has 5 nitrogen and oxygen atoms in total. The van der Waals surface area contributed by atoms with Gasteiger partial charge in [0.25, 0.3) is 0 Å². The third-order valence-corrected chi connectivity index (χ3v) is 12.7. The summed E-state index contributed by atoms with van der Waals surface area (Å²) in [5.41, 5.74) is 11.4. The maximum Gasteiger partial charge on any atom is 0.147 e. The SMILES string of the molecule is Cc1cc(-c2ccccc2OCCCCSc2ccccc2-c2cc(C)cc(-n3c4ccccc4c4ccccc43)c2O)c(O)c(-n2c3ccccc3c3ccccc32)c1. The zero-order valence-corrected chi connectivity index (χ0v) is 34.4. The van der Waals surface area contributed by atoms with Crippen molar-refractivity contribution in [2.24, 2.45) is 0 Å². The number of ether oxygens (including phenoxy) is 1. The zero-order chi connectivity index (χ0) is 40.7. The molecule has 0 radical (unpaired) electrons. The number of unbranched alkanes of at least 4 members (excludes halogenated alkanes) is 1. The molecule has 8 aromatic carbocycles. The molecule has 0 spiro atoms. The minimum Gasteiger partial charge on any atom is -0.505 e. The first kappa shape index (κ1) is 37.4. The molecule has 2 heterocycles. The van der Waals surface area contributed by atoms with Gasteiger partial charge in [-0.25, -0.2) is 0 Å². The van der Waals surface area contributed by atoms with Crippen LogP contribution in [0.5, 0.6) is 17.2 Å². The van der Waals surface area contributed by atoms with Gasteiger partial charge in [-0.2, -0.15) is 0 Å². The van der Waals surface area contributed by atoms with Crippen LogP contribution in [-0.2, 0) is 0 Å². The van der Waals surface area contributed by atoms with E-state index in [9.17, 15) is 10.2 Å². The predicted molar refractivity (Wildman–Crippen MR) is 251 cm³/mol. The Bertz CT molecular complexity index is 2910. The lowest BCUT2D eigenvalue weighted by Crippen LogP contribution is -2.01. The molecule has 0 unspecified atom stereocenters. The highest BCUT2D eigenvalue weighted by molar-refractivity contribution is 7.99. The summed E-state index contributed by atoms with van der Waals surface area (Å²) in [5.74, 6) is 2.14. The number of rotatable bonds is 11. The normalized spacial score (nSPS) is 11.6. The Balaban J connectivity index is 0.866. The van der Waals surface area contributed by atoms with Crippen molar-refractivity contribution >= 4 is 55.4 Å². The van der Waals surface area contributed by atoms with Crippen LogP contribution in [0.3, 0.4) is 0 Å². The molecule has 0 aliphatic rings. The molecule has 10 rings (SSSR count). The van der Waals surface area contributed by atoms with Crippen LogP contribution in [0.4, 0.5) is 0 Å². The molecule has 0 aliphatic carbocycles. The van der Waals surface area contributed by atoms with Gasteiger partial charge in [0.2, 0.25) is 0 Å². The molecular weight excluding hydrogens is 757 g/mol. The molecule has 60 heavy (non-hydrogen) atoms. The van der Waals surface area contributed by atoms with Gasteiger partial charge in [-0.1, -0.05) is 109 Å². The first-order valence-corrected chi connectivity index (χ1v) is 21.5. The van der Waals surface area contributed by atoms with Crippen LogP contribution in [0.2, 0.25) is 0 Å². The van der Waals surface area contributed by atoms with E-state index >= 15 is 0 Å². The average Bonchev–Trinajstić information content (AvgIpc) is 3.79. The Morgan fingerprint density at radius 1 is 0.450 bits per heavy atom. The van der Waals surface area contributed by atoms with E-state index in [2.05, 4.69) is 144 Å². The van der Waals surface area contributed by atoms with E-state index in [1.54, 1.807) is 0 Å². The summed E-state index contributed by atoms with van der Waals surface area (Å²) in [5, 5.41) is 28.7. The summed E-state index contributed by atoms with van der Waals surface area (Å²) >= 11 is 1.81. The molecule has 0 bridgehead atoms. The largest absolute Gasteiger partial charge is 0.505 e. The lowest BCUT2D eigenvalue weighted by molar-refractivity contribution is 0.311. The highest BCUT2D eigenvalue weighted by Gasteiger charge is 2.21. The van der Waals surface area contributed by atoms with Gasteiger partial charge in [0, 0.05) is 43.1 Å². The fraction of sp³-hybridized carbons (Fsp3) is 0.111. The number of hydrogen-bond donors (Lipinski definition) is 2. The molecule has 0 aliphatic heterocycles. The van der Waals surface area contributed by atoms with Gasteiger partial charge in [-0.3, -0.25) is 0 Å². The molecule has 0 saturated heterocycles. The molecule has 0 fully saturated rings. The molecule has 0 saturated carbocycles. The van der Waals surface area contributed by atoms with Crippen molar-refractivity contribution < 1.29 is 14.9 Å². The molecule has 0 amide bonds. The number of hydrogen-bond acceptors (Lipinski definition) is 4. The number of fused-ring (bicyclic) bond motifs is 6. The molecular formula is C54H44N2O3S. The molecule has 0 atom stereocenters. The van der Waals surface area contributed by atoms with E-state index in [1.807, 2.05) is 60.3 Å². The summed E-state index contributed by atoms with van der Waals surface area (Å²) in [6, 6.07) is 58.2. The lowest BCUT2D eigenvalue weighted by atomic mass is 10.00. The minimum absolute atomic E-state index is 0.222. The Hall–Kier alpha value is -6.89. The van der Waals surface area contributed by atoms with Gasteiger partial charge >= 0.3 is 0 Å². The molecule has 10 aromatic rings. The van der Waals surface area contributed by atoms with Crippen molar-refractivity contribution in [3.63, 3.8) is 0 Å². The maximum absolute atomic E-state index is 12.1. The van der Waals surface area contributed by atoms with Crippen LogP contribution >= 0.6 is 11.8 Å². The molecule has 6 heteroatoms. The second kappa shape index (κ2) is 15.7. The number of aromatic hydroxyl groups is 2. The van der Waals surface area contributed by atoms with Crippen LogP contribution in [0.25, 0.3) is 77.2 Å². The fourth-order valence-corrected chi connectivity index (χ4v) is 9.91. The lowest BCUT2D eigenvalue weighted by Gasteiger charge is -2.17. The number of benzene rings is 8. The second-order valence-electron chi connectivity index (χ2n) is 15.5. The number of nitrogens with zero attached hydrogens (tertiary/aromatic N) is 2. The standard InChI is InChI=1S/C54H44N2O3S/c1-35-31-43(53(57)49(33-35)55-45-23-9-3-17-37(45)38-18-4-10-24-46(38)55)41-21-7-13-27-51(41)59-29-15-16-30-60-52-28-14-8-22-42(52)44-32-36(2)34-50(54(44)58)56-47-25-11-5-19-39(47)40-20-6-12-26-48(40)56/h3-14,17-28,31-34,57-58H,15-16,29-30H2,1-2H3. The van der Waals surface area contributed by atoms with Crippen molar-refractivity contribution in [3.05, 3.63) is 181 Å². The van der Waals surface area contributed by atoms with E-state index in [-0.39, 0.29) is 11.5 Å². The van der Waals surface area contributed by atoms with Crippen LogP contribution in [0, 0.1) is 13.8 Å². The first-order valence-electron chi connectivity index (χ1n) is 20.5. The van der Waals surface area contributed by atoms with Crippen LogP contribution < -0.4 is 4.74 Å². The molecule has 294 valence electrons. The molecule has 2 aromatic heterocycles. The summed E-state index contributed by atoms with van der Waals surface area (Å²) in [6.07, 6.45) is 1.81. The van der Waals surface area contributed by atoms with E-state index in [0.717, 1.165) is 118 Å². The third kappa shape index (κ3) is 6.54. The Kier molecular flexibility index (Phi) is 9.78. The van der Waals surface area contributed by atoms with E-state index in [0.29, 0.717) is 6.61 Å². The van der Waals surface area contributed by atoms with Gasteiger partial charge in [-0.15, -0.1) is 11.8 Å². The van der Waals surface area contributed by atoms with Gasteiger partial charge in [0.15, 0.2) is 0 Å². The van der Waals surface area contributed by atoms with Crippen molar-refractivity contribution in [1.82, 2.24) is 9.13 Å². The third-order valence-electron chi connectivity index (χ3n) is 11.5. The predicted octanol–water partition coefficient (Wildman–Crippen LogP) is 14.2. The van der Waals surface area contributed by atoms with E-state index in [4.69, 9.17) is 4.74 Å². The van der Waals surface area contributed by atoms with Crippen molar-refractivity contribution in [1.29, 1.82) is 0 Å². The summed E-state index contributed by atoms with van der Waals surface area (Å²) < 4.78 is 10.8. The van der Waals surface area contributed by atoms with Gasteiger partial charge in [-0.05, 0) is 110 Å². The topological polar surface area (TPSA) is 59.6 Å². The minimum atomic E-state index is 0.222. The summed E-state index contributed by atoms with van der Waals surface area (Å²) in [4.78, 5) is 1.13. The van der Waals surface area contributed by atoms with Gasteiger partial charge < -0.3 is 24.1 Å². The molecule has 2 N–H and O–H groups in total. The number of aromatic nitrogens is 2. The van der Waals surface area contributed by atoms with E-state index < -0.39 is 0 Å². The second-order valence-corrected chi connectivity index (χ2v) is 16.6. The number of phenols is 2. The highest BCUT2D eigenvalue weighted by Crippen LogP contribution is 2.45. The van der Waals surface area contributed by atoms with E-state index in [1.165, 1.54) is 0 Å². The van der Waals surface area contributed by atoms with Crippen molar-refractivity contribution in [3.8, 4) is 50.9 Å². The maximum atomic E-state index is 12.1.